The smallest absolute Gasteiger partial charge is 0.335 e. The van der Waals surface area contributed by atoms with Gasteiger partial charge in [0, 0.05) is 0 Å². The first-order chi connectivity index (χ1) is 10.6. The SMILES string of the molecule is CC(CCN)CCc1cccc(-c2ccc(C(=O)O)cc2)c1. The minimum Gasteiger partial charge on any atom is -0.478 e. The van der Waals surface area contributed by atoms with Crippen LogP contribution in [0.15, 0.2) is 48.5 Å². The van der Waals surface area contributed by atoms with Crippen LogP contribution in [0.25, 0.3) is 11.1 Å². The number of carboxylic acids is 1. The van der Waals surface area contributed by atoms with E-state index in [2.05, 4.69) is 31.2 Å². The van der Waals surface area contributed by atoms with Crippen molar-refractivity contribution >= 4 is 5.97 Å². The van der Waals surface area contributed by atoms with E-state index in [1.54, 1.807) is 12.1 Å². The predicted molar refractivity (Wildman–Crippen MR) is 90.0 cm³/mol. The fourth-order valence-electron chi connectivity index (χ4n) is 2.55. The predicted octanol–water partition coefficient (Wildman–Crippen LogP) is 3.97. The molecule has 0 aliphatic rings. The molecule has 3 N–H and O–H groups in total. The maximum Gasteiger partial charge on any atom is 0.335 e. The summed E-state index contributed by atoms with van der Waals surface area (Å²) in [6.07, 6.45) is 3.25. The van der Waals surface area contributed by atoms with Crippen LogP contribution in [-0.2, 0) is 6.42 Å². The van der Waals surface area contributed by atoms with Crippen LogP contribution in [0, 0.1) is 5.92 Å². The van der Waals surface area contributed by atoms with E-state index in [4.69, 9.17) is 10.8 Å². The van der Waals surface area contributed by atoms with E-state index in [1.807, 2.05) is 12.1 Å². The van der Waals surface area contributed by atoms with Gasteiger partial charge in [0.1, 0.15) is 0 Å². The van der Waals surface area contributed by atoms with Crippen LogP contribution in [0.4, 0.5) is 0 Å². The molecule has 116 valence electrons. The molecule has 1 unspecified atom stereocenters. The Balaban J connectivity index is 2.09. The van der Waals surface area contributed by atoms with Gasteiger partial charge < -0.3 is 10.8 Å². The minimum absolute atomic E-state index is 0.315. The summed E-state index contributed by atoms with van der Waals surface area (Å²) in [7, 11) is 0. The molecule has 0 aromatic heterocycles. The van der Waals surface area contributed by atoms with Crippen molar-refractivity contribution in [3.05, 3.63) is 59.7 Å². The molecule has 0 amide bonds. The van der Waals surface area contributed by atoms with Gasteiger partial charge >= 0.3 is 5.97 Å². The third-order valence-corrected chi connectivity index (χ3v) is 3.98. The molecule has 1 atom stereocenters. The van der Waals surface area contributed by atoms with Crippen LogP contribution in [0.1, 0.15) is 35.7 Å². The highest BCUT2D eigenvalue weighted by Gasteiger charge is 2.05. The molecule has 0 aliphatic carbocycles. The van der Waals surface area contributed by atoms with Gasteiger partial charge in [-0.2, -0.15) is 0 Å². The number of hydrogen-bond acceptors (Lipinski definition) is 2. The molecule has 2 aromatic carbocycles. The Labute approximate surface area is 131 Å². The van der Waals surface area contributed by atoms with Gasteiger partial charge in [-0.05, 0) is 60.5 Å². The number of rotatable bonds is 7. The molecule has 0 saturated carbocycles. The number of carbonyl (C=O) groups is 1. The van der Waals surface area contributed by atoms with Crippen LogP contribution < -0.4 is 5.73 Å². The summed E-state index contributed by atoms with van der Waals surface area (Å²) in [5, 5.41) is 8.95. The highest BCUT2D eigenvalue weighted by Crippen LogP contribution is 2.22. The molecule has 0 spiro atoms. The van der Waals surface area contributed by atoms with Gasteiger partial charge in [0.2, 0.25) is 0 Å². The van der Waals surface area contributed by atoms with Crippen molar-refractivity contribution in [1.29, 1.82) is 0 Å². The number of carboxylic acid groups (broad SMARTS) is 1. The molecule has 0 bridgehead atoms. The van der Waals surface area contributed by atoms with Crippen molar-refractivity contribution in [1.82, 2.24) is 0 Å². The fraction of sp³-hybridized carbons (Fsp3) is 0.316. The average Bonchev–Trinajstić information content (AvgIpc) is 2.53. The fourth-order valence-corrected chi connectivity index (χ4v) is 2.55. The van der Waals surface area contributed by atoms with E-state index in [0.29, 0.717) is 11.5 Å². The summed E-state index contributed by atoms with van der Waals surface area (Å²) in [4.78, 5) is 10.9. The average molecular weight is 297 g/mol. The van der Waals surface area contributed by atoms with Crippen molar-refractivity contribution in [2.45, 2.75) is 26.2 Å². The number of nitrogens with two attached hydrogens (primary N) is 1. The van der Waals surface area contributed by atoms with Crippen molar-refractivity contribution in [3.63, 3.8) is 0 Å². The van der Waals surface area contributed by atoms with Gasteiger partial charge in [0.15, 0.2) is 0 Å². The first kappa shape index (κ1) is 16.2. The van der Waals surface area contributed by atoms with Crippen molar-refractivity contribution in [2.24, 2.45) is 11.7 Å². The van der Waals surface area contributed by atoms with E-state index in [-0.39, 0.29) is 0 Å². The third-order valence-electron chi connectivity index (χ3n) is 3.98. The van der Waals surface area contributed by atoms with Gasteiger partial charge in [-0.25, -0.2) is 4.79 Å². The number of benzene rings is 2. The lowest BCUT2D eigenvalue weighted by Gasteiger charge is -2.10. The molecule has 0 saturated heterocycles. The van der Waals surface area contributed by atoms with E-state index in [1.165, 1.54) is 5.56 Å². The van der Waals surface area contributed by atoms with Gasteiger partial charge in [0.25, 0.3) is 0 Å². The molecule has 3 heteroatoms. The van der Waals surface area contributed by atoms with Gasteiger partial charge in [-0.1, -0.05) is 43.3 Å². The second kappa shape index (κ2) is 7.76. The lowest BCUT2D eigenvalue weighted by Crippen LogP contribution is -2.06. The highest BCUT2D eigenvalue weighted by molar-refractivity contribution is 5.88. The second-order valence-electron chi connectivity index (χ2n) is 5.80. The zero-order valence-corrected chi connectivity index (χ0v) is 13.0. The maximum atomic E-state index is 10.9. The van der Waals surface area contributed by atoms with Crippen LogP contribution in [0.5, 0.6) is 0 Å². The summed E-state index contributed by atoms with van der Waals surface area (Å²) in [6, 6.07) is 15.5. The largest absolute Gasteiger partial charge is 0.478 e. The van der Waals surface area contributed by atoms with E-state index in [9.17, 15) is 4.79 Å². The minimum atomic E-state index is -0.894. The standard InChI is InChI=1S/C19H23NO2/c1-14(11-12-20)5-6-15-3-2-4-18(13-15)16-7-9-17(10-8-16)19(21)22/h2-4,7-10,13-14H,5-6,11-12,20H2,1H3,(H,21,22). The molecule has 0 heterocycles. The Morgan fingerprint density at radius 1 is 1.09 bits per heavy atom. The van der Waals surface area contributed by atoms with Crippen LogP contribution >= 0.6 is 0 Å². The van der Waals surface area contributed by atoms with Crippen LogP contribution in [0.2, 0.25) is 0 Å². The number of aryl methyl sites for hydroxylation is 1. The lowest BCUT2D eigenvalue weighted by atomic mass is 9.96. The zero-order chi connectivity index (χ0) is 15.9. The zero-order valence-electron chi connectivity index (χ0n) is 13.0. The quantitative estimate of drug-likeness (QED) is 0.812. The first-order valence-electron chi connectivity index (χ1n) is 7.73. The van der Waals surface area contributed by atoms with E-state index < -0.39 is 5.97 Å². The molecular weight excluding hydrogens is 274 g/mol. The summed E-state index contributed by atoms with van der Waals surface area (Å²) < 4.78 is 0. The Kier molecular flexibility index (Phi) is 5.73. The summed E-state index contributed by atoms with van der Waals surface area (Å²) >= 11 is 0. The molecule has 0 fully saturated rings. The van der Waals surface area contributed by atoms with Crippen LogP contribution in [-0.4, -0.2) is 17.6 Å². The second-order valence-corrected chi connectivity index (χ2v) is 5.80. The monoisotopic (exact) mass is 297 g/mol. The van der Waals surface area contributed by atoms with Crippen molar-refractivity contribution in [2.75, 3.05) is 6.54 Å². The van der Waals surface area contributed by atoms with Crippen molar-refractivity contribution in [3.8, 4) is 11.1 Å². The third kappa shape index (κ3) is 4.43. The normalized spacial score (nSPS) is 12.1. The highest BCUT2D eigenvalue weighted by atomic mass is 16.4. The lowest BCUT2D eigenvalue weighted by molar-refractivity contribution is 0.0697. The Morgan fingerprint density at radius 3 is 2.45 bits per heavy atom. The molecule has 0 aliphatic heterocycles. The maximum absolute atomic E-state index is 10.9. The van der Waals surface area contributed by atoms with Gasteiger partial charge in [-0.15, -0.1) is 0 Å². The number of aromatic carboxylic acids is 1. The van der Waals surface area contributed by atoms with Crippen LogP contribution in [0.3, 0.4) is 0 Å². The molecular formula is C19H23NO2. The molecule has 22 heavy (non-hydrogen) atoms. The Morgan fingerprint density at radius 2 is 1.82 bits per heavy atom. The molecule has 3 nitrogen and oxygen atoms in total. The Hall–Kier alpha value is -2.13. The number of hydrogen-bond donors (Lipinski definition) is 2. The topological polar surface area (TPSA) is 63.3 Å². The Bertz CT molecular complexity index is 620. The summed E-state index contributed by atoms with van der Waals surface area (Å²) in [6.45, 7) is 2.98. The van der Waals surface area contributed by atoms with Gasteiger partial charge in [-0.3, -0.25) is 0 Å². The summed E-state index contributed by atoms with van der Waals surface area (Å²) in [5.74, 6) is -0.252. The van der Waals surface area contributed by atoms with Gasteiger partial charge in [0.05, 0.1) is 5.56 Å². The molecule has 2 aromatic rings. The van der Waals surface area contributed by atoms with E-state index in [0.717, 1.165) is 36.9 Å². The van der Waals surface area contributed by atoms with E-state index >= 15 is 0 Å². The summed E-state index contributed by atoms with van der Waals surface area (Å²) in [5.41, 5.74) is 9.38. The molecule has 0 radical (unpaired) electrons. The molecule has 2 rings (SSSR count). The van der Waals surface area contributed by atoms with Crippen molar-refractivity contribution < 1.29 is 9.90 Å². The first-order valence-corrected chi connectivity index (χ1v) is 7.73.